The molecule has 0 fully saturated rings. The molecule has 78 valence electrons. The number of rotatable bonds is 2. The molecular weight excluding hydrogens is 319 g/mol. The van der Waals surface area contributed by atoms with Gasteiger partial charge in [-0.2, -0.15) is 0 Å². The Morgan fingerprint density at radius 1 is 0.800 bits per heavy atom. The van der Waals surface area contributed by atoms with Crippen molar-refractivity contribution in [3.05, 3.63) is 66.3 Å². The third kappa shape index (κ3) is 3.21. The second-order valence-corrected chi connectivity index (χ2v) is 6.79. The van der Waals surface area contributed by atoms with Crippen molar-refractivity contribution in [2.24, 2.45) is 0 Å². The maximum absolute atomic E-state index is 5.85. The van der Waals surface area contributed by atoms with E-state index in [0.29, 0.717) is 0 Å². The van der Waals surface area contributed by atoms with Crippen molar-refractivity contribution in [1.82, 2.24) is 0 Å². The van der Waals surface area contributed by atoms with Crippen LogP contribution in [0.1, 0.15) is 5.56 Å². The second-order valence-electron chi connectivity index (χ2n) is 3.33. The average Bonchev–Trinajstić information content (AvgIpc) is 2.25. The van der Waals surface area contributed by atoms with Crippen LogP contribution in [0.2, 0.25) is 5.02 Å². The van der Waals surface area contributed by atoms with Crippen LogP contribution in [0.4, 0.5) is 0 Å². The van der Waals surface area contributed by atoms with Crippen molar-refractivity contribution in [1.29, 1.82) is 0 Å². The van der Waals surface area contributed by atoms with Gasteiger partial charge in [0.2, 0.25) is 0 Å². The summed E-state index contributed by atoms with van der Waals surface area (Å²) in [7, 11) is 0. The first-order valence-electron chi connectivity index (χ1n) is 4.71. The van der Waals surface area contributed by atoms with Gasteiger partial charge in [0.25, 0.3) is 0 Å². The van der Waals surface area contributed by atoms with Gasteiger partial charge in [0.1, 0.15) is 0 Å². The van der Waals surface area contributed by atoms with Crippen molar-refractivity contribution < 1.29 is 21.2 Å². The SMILES string of the molecule is Cc1ccc([I-]c2ccc(Cl)cc2)cc1. The molecule has 0 atom stereocenters. The molecule has 2 heteroatoms. The summed E-state index contributed by atoms with van der Waals surface area (Å²) in [5.74, 6) is 0. The zero-order valence-electron chi connectivity index (χ0n) is 8.37. The van der Waals surface area contributed by atoms with E-state index in [2.05, 4.69) is 43.3 Å². The standard InChI is InChI=1S/C13H11ClI/c1-10-2-6-12(7-3-10)15-13-8-4-11(14)5-9-13/h2-9H,1H3/q-1. The predicted octanol–water partition coefficient (Wildman–Crippen LogP) is 0.777. The van der Waals surface area contributed by atoms with Crippen LogP contribution in [0, 0.1) is 14.1 Å². The van der Waals surface area contributed by atoms with E-state index in [0.717, 1.165) is 5.02 Å². The molecule has 0 bridgehead atoms. The molecule has 0 heterocycles. The summed E-state index contributed by atoms with van der Waals surface area (Å²) in [4.78, 5) is 0. The Morgan fingerprint density at radius 3 is 1.80 bits per heavy atom. The molecule has 2 aromatic rings. The molecule has 0 aliphatic heterocycles. The van der Waals surface area contributed by atoms with Crippen LogP contribution in [0.3, 0.4) is 0 Å². The van der Waals surface area contributed by atoms with Gasteiger partial charge in [-0.05, 0) is 0 Å². The van der Waals surface area contributed by atoms with E-state index < -0.39 is 0 Å². The Hall–Kier alpha value is -0.540. The van der Waals surface area contributed by atoms with Gasteiger partial charge < -0.3 is 0 Å². The van der Waals surface area contributed by atoms with E-state index in [1.165, 1.54) is 12.7 Å². The summed E-state index contributed by atoms with van der Waals surface area (Å²) in [6.07, 6.45) is 0. The summed E-state index contributed by atoms with van der Waals surface area (Å²) in [5.41, 5.74) is 1.32. The first-order chi connectivity index (χ1) is 7.24. The van der Waals surface area contributed by atoms with Crippen LogP contribution < -0.4 is 21.2 Å². The summed E-state index contributed by atoms with van der Waals surface area (Å²) in [6, 6.07) is 16.9. The molecule has 0 aromatic heterocycles. The van der Waals surface area contributed by atoms with Gasteiger partial charge >= 0.3 is 106 Å². The third-order valence-electron chi connectivity index (χ3n) is 2.03. The van der Waals surface area contributed by atoms with E-state index >= 15 is 0 Å². The van der Waals surface area contributed by atoms with Gasteiger partial charge in [-0.3, -0.25) is 0 Å². The second kappa shape index (κ2) is 4.99. The Balaban J connectivity index is 2.15. The fourth-order valence-corrected chi connectivity index (χ4v) is 3.50. The van der Waals surface area contributed by atoms with Gasteiger partial charge in [-0.15, -0.1) is 0 Å². The van der Waals surface area contributed by atoms with Crippen LogP contribution in [-0.4, -0.2) is 0 Å². The molecule has 0 nitrogen and oxygen atoms in total. The normalized spacial score (nSPS) is 10.5. The van der Waals surface area contributed by atoms with Crippen LogP contribution in [0.25, 0.3) is 0 Å². The third-order valence-corrected chi connectivity index (χ3v) is 4.97. The Kier molecular flexibility index (Phi) is 3.65. The zero-order chi connectivity index (χ0) is 10.7. The summed E-state index contributed by atoms with van der Waals surface area (Å²) < 4.78 is 2.85. The molecule has 0 spiro atoms. The number of halogens is 2. The van der Waals surface area contributed by atoms with Crippen molar-refractivity contribution in [3.8, 4) is 0 Å². The van der Waals surface area contributed by atoms with E-state index in [-0.39, 0.29) is 21.2 Å². The van der Waals surface area contributed by atoms with E-state index in [1.54, 1.807) is 0 Å². The predicted molar refractivity (Wildman–Crippen MR) is 60.0 cm³/mol. The van der Waals surface area contributed by atoms with Gasteiger partial charge in [-0.25, -0.2) is 0 Å². The summed E-state index contributed by atoms with van der Waals surface area (Å²) >= 11 is 5.79. The van der Waals surface area contributed by atoms with Gasteiger partial charge in [0.15, 0.2) is 0 Å². The molecule has 0 radical (unpaired) electrons. The fraction of sp³-hybridized carbons (Fsp3) is 0.0769. The maximum atomic E-state index is 5.85. The molecule has 0 saturated carbocycles. The van der Waals surface area contributed by atoms with Crippen molar-refractivity contribution in [2.75, 3.05) is 0 Å². The summed E-state index contributed by atoms with van der Waals surface area (Å²) in [5, 5.41) is 0.812. The minimum atomic E-state index is -0.0555. The number of hydrogen-bond donors (Lipinski definition) is 0. The first kappa shape index (κ1) is 11.0. The Labute approximate surface area is 106 Å². The number of benzene rings is 2. The van der Waals surface area contributed by atoms with Crippen LogP contribution >= 0.6 is 11.6 Å². The molecule has 0 amide bonds. The van der Waals surface area contributed by atoms with Crippen molar-refractivity contribution in [2.45, 2.75) is 6.92 Å². The average molecular weight is 330 g/mol. The van der Waals surface area contributed by atoms with E-state index in [1.807, 2.05) is 12.1 Å². The monoisotopic (exact) mass is 329 g/mol. The molecular formula is C13H11ClI-. The van der Waals surface area contributed by atoms with Crippen LogP contribution in [-0.2, 0) is 0 Å². The molecule has 0 unspecified atom stereocenters. The fourth-order valence-electron chi connectivity index (χ4n) is 1.21. The van der Waals surface area contributed by atoms with E-state index in [4.69, 9.17) is 11.6 Å². The summed E-state index contributed by atoms with van der Waals surface area (Å²) in [6.45, 7) is 2.12. The zero-order valence-corrected chi connectivity index (χ0v) is 11.3. The van der Waals surface area contributed by atoms with Crippen LogP contribution in [0.5, 0.6) is 0 Å². The minimum absolute atomic E-state index is 0.0555. The quantitative estimate of drug-likeness (QED) is 0.714. The molecule has 0 aliphatic carbocycles. The molecule has 0 N–H and O–H groups in total. The first-order valence-corrected chi connectivity index (χ1v) is 7.25. The molecule has 15 heavy (non-hydrogen) atoms. The topological polar surface area (TPSA) is 0 Å². The van der Waals surface area contributed by atoms with Crippen molar-refractivity contribution >= 4 is 11.6 Å². The van der Waals surface area contributed by atoms with Gasteiger partial charge in [-0.1, -0.05) is 0 Å². The molecule has 2 rings (SSSR count). The van der Waals surface area contributed by atoms with E-state index in [9.17, 15) is 0 Å². The Morgan fingerprint density at radius 2 is 1.27 bits per heavy atom. The molecule has 0 aliphatic rings. The molecule has 0 saturated heterocycles. The van der Waals surface area contributed by atoms with Crippen molar-refractivity contribution in [3.63, 3.8) is 0 Å². The van der Waals surface area contributed by atoms with Crippen LogP contribution in [0.15, 0.2) is 48.5 Å². The van der Waals surface area contributed by atoms with Gasteiger partial charge in [0, 0.05) is 0 Å². The molecule has 2 aromatic carbocycles. The Bertz CT molecular complexity index is 388. The number of aryl methyl sites for hydroxylation is 1. The van der Waals surface area contributed by atoms with Gasteiger partial charge in [0.05, 0.1) is 0 Å². The number of hydrogen-bond acceptors (Lipinski definition) is 0.